The van der Waals surface area contributed by atoms with Gasteiger partial charge in [0, 0.05) is 28.8 Å². The average Bonchev–Trinajstić information content (AvgIpc) is 2.79. The second kappa shape index (κ2) is 9.86. The number of carbonyl (C=O) groups excluding carboxylic acids is 1. The Balaban J connectivity index is 2.07. The number of aliphatic hydroxyl groups excluding tert-OH is 1. The van der Waals surface area contributed by atoms with Gasteiger partial charge in [0.2, 0.25) is 0 Å². The largest absolute Gasteiger partial charge is 0.505 e. The van der Waals surface area contributed by atoms with Crippen molar-refractivity contribution in [3.8, 4) is 5.75 Å². The summed E-state index contributed by atoms with van der Waals surface area (Å²) in [4.78, 5) is 17.2. The van der Waals surface area contributed by atoms with Gasteiger partial charge in [0.1, 0.15) is 17.2 Å². The normalized spacial score (nSPS) is 17.5. The van der Waals surface area contributed by atoms with Crippen molar-refractivity contribution in [1.29, 1.82) is 0 Å². The van der Waals surface area contributed by atoms with Crippen LogP contribution in [0.1, 0.15) is 28.9 Å². The monoisotopic (exact) mass is 456 g/mol. The highest BCUT2D eigenvalue weighted by molar-refractivity contribution is 6.38. The first-order valence-corrected chi connectivity index (χ1v) is 10.3. The molecule has 0 aliphatic heterocycles. The lowest BCUT2D eigenvalue weighted by atomic mass is 9.89. The summed E-state index contributed by atoms with van der Waals surface area (Å²) in [6.45, 7) is 1.82. The Labute approximate surface area is 191 Å². The van der Waals surface area contributed by atoms with Crippen molar-refractivity contribution in [2.45, 2.75) is 13.0 Å². The van der Waals surface area contributed by atoms with Crippen LogP contribution in [-0.2, 0) is 0 Å². The number of hydrogen-bond donors (Lipinski definition) is 2. The van der Waals surface area contributed by atoms with Crippen LogP contribution in [0.25, 0.3) is 0 Å². The molecule has 1 atom stereocenters. The number of hydrogen-bond acceptors (Lipinski definition) is 4. The van der Waals surface area contributed by atoms with E-state index < -0.39 is 6.04 Å². The summed E-state index contributed by atoms with van der Waals surface area (Å²) in [7, 11) is 3.14. The molecule has 7 heteroatoms. The molecule has 0 heterocycles. The summed E-state index contributed by atoms with van der Waals surface area (Å²) in [5, 5.41) is 15.0. The molecule has 1 unspecified atom stereocenters. The molecule has 2 aromatic rings. The van der Waals surface area contributed by atoms with Crippen molar-refractivity contribution in [1.82, 2.24) is 5.32 Å². The summed E-state index contributed by atoms with van der Waals surface area (Å²) < 4.78 is 5.15. The first-order valence-electron chi connectivity index (χ1n) is 9.54. The molecule has 1 aliphatic carbocycles. The van der Waals surface area contributed by atoms with Crippen molar-refractivity contribution in [2.75, 3.05) is 14.2 Å². The van der Waals surface area contributed by atoms with Crippen molar-refractivity contribution < 1.29 is 14.6 Å². The van der Waals surface area contributed by atoms with E-state index in [1.807, 2.05) is 6.92 Å². The molecule has 0 bridgehead atoms. The third kappa shape index (κ3) is 4.84. The number of nitrogens with one attached hydrogen (secondary N) is 1. The lowest BCUT2D eigenvalue weighted by Crippen LogP contribution is -2.31. The van der Waals surface area contributed by atoms with Crippen LogP contribution < -0.4 is 10.1 Å². The molecule has 31 heavy (non-hydrogen) atoms. The van der Waals surface area contributed by atoms with Crippen molar-refractivity contribution in [2.24, 2.45) is 4.99 Å². The second-order valence-electron chi connectivity index (χ2n) is 6.76. The Hall–Kier alpha value is -3.02. The number of rotatable bonds is 5. The van der Waals surface area contributed by atoms with E-state index >= 15 is 0 Å². The van der Waals surface area contributed by atoms with Crippen LogP contribution in [0.4, 0.5) is 0 Å². The number of ether oxygens (including phenoxy) is 1. The van der Waals surface area contributed by atoms with Gasteiger partial charge in [-0.3, -0.25) is 9.79 Å². The topological polar surface area (TPSA) is 70.9 Å². The van der Waals surface area contributed by atoms with Gasteiger partial charge in [-0.25, -0.2) is 0 Å². The highest BCUT2D eigenvalue weighted by Gasteiger charge is 2.29. The van der Waals surface area contributed by atoms with Gasteiger partial charge >= 0.3 is 0 Å². The van der Waals surface area contributed by atoms with Gasteiger partial charge in [0.15, 0.2) is 0 Å². The van der Waals surface area contributed by atoms with E-state index in [1.54, 1.807) is 74.8 Å². The lowest BCUT2D eigenvalue weighted by molar-refractivity contribution is 0.0942. The van der Waals surface area contributed by atoms with Gasteiger partial charge in [0.25, 0.3) is 5.91 Å². The molecule has 160 valence electrons. The first kappa shape index (κ1) is 22.7. The molecule has 0 aromatic heterocycles. The van der Waals surface area contributed by atoms with Crippen molar-refractivity contribution >= 4 is 34.8 Å². The van der Waals surface area contributed by atoms with E-state index in [2.05, 4.69) is 10.3 Å². The first-order chi connectivity index (χ1) is 14.9. The number of benzene rings is 2. The van der Waals surface area contributed by atoms with Crippen LogP contribution in [0.5, 0.6) is 5.75 Å². The van der Waals surface area contributed by atoms with Crippen LogP contribution in [0, 0.1) is 0 Å². The Morgan fingerprint density at radius 1 is 1.13 bits per heavy atom. The summed E-state index contributed by atoms with van der Waals surface area (Å²) in [5.74, 6) is 0.282. The van der Waals surface area contributed by atoms with Gasteiger partial charge in [-0.15, -0.1) is 0 Å². The third-order valence-corrected chi connectivity index (χ3v) is 5.51. The van der Waals surface area contributed by atoms with Gasteiger partial charge in [-0.2, -0.15) is 0 Å². The number of amides is 1. The molecule has 2 aromatic carbocycles. The Morgan fingerprint density at radius 3 is 2.32 bits per heavy atom. The molecule has 0 saturated heterocycles. The number of allylic oxidation sites excluding steroid dienone is 3. The number of nitrogens with zero attached hydrogens (tertiary/aromatic N) is 1. The van der Waals surface area contributed by atoms with E-state index in [9.17, 15) is 9.90 Å². The molecule has 1 aliphatic rings. The molecule has 0 spiro atoms. The SMILES string of the molecule is C/C=C1/C(Cl)=CC(C(NC(=O)c2ccc(OC)cc2)c2ccc(Cl)cc2)=C(O)C1=NC. The molecule has 5 nitrogen and oxygen atoms in total. The van der Waals surface area contributed by atoms with E-state index in [1.165, 1.54) is 0 Å². The van der Waals surface area contributed by atoms with E-state index in [4.69, 9.17) is 27.9 Å². The van der Waals surface area contributed by atoms with Gasteiger partial charge in [-0.1, -0.05) is 41.4 Å². The van der Waals surface area contributed by atoms with Crippen LogP contribution in [0.2, 0.25) is 5.02 Å². The molecule has 2 N–H and O–H groups in total. The maximum atomic E-state index is 13.0. The van der Waals surface area contributed by atoms with Crippen LogP contribution in [0.15, 0.2) is 87.6 Å². The fourth-order valence-electron chi connectivity index (χ4n) is 3.33. The summed E-state index contributed by atoms with van der Waals surface area (Å²) in [6.07, 6.45) is 3.43. The predicted molar refractivity (Wildman–Crippen MR) is 125 cm³/mol. The van der Waals surface area contributed by atoms with Crippen LogP contribution >= 0.6 is 23.2 Å². The lowest BCUT2D eigenvalue weighted by Gasteiger charge is -2.26. The van der Waals surface area contributed by atoms with Crippen molar-refractivity contribution in [3.63, 3.8) is 0 Å². The average molecular weight is 457 g/mol. The predicted octanol–water partition coefficient (Wildman–Crippen LogP) is 5.79. The smallest absolute Gasteiger partial charge is 0.252 e. The summed E-state index contributed by atoms with van der Waals surface area (Å²) in [6, 6.07) is 13.1. The van der Waals surface area contributed by atoms with Gasteiger partial charge in [0.05, 0.1) is 18.2 Å². The zero-order chi connectivity index (χ0) is 22.5. The quantitative estimate of drug-likeness (QED) is 0.598. The number of carbonyl (C=O) groups is 1. The van der Waals surface area contributed by atoms with E-state index in [0.717, 1.165) is 5.56 Å². The molecule has 0 saturated carbocycles. The van der Waals surface area contributed by atoms with Gasteiger partial charge in [-0.05, 0) is 55.0 Å². The van der Waals surface area contributed by atoms with Crippen LogP contribution in [-0.4, -0.2) is 30.9 Å². The Kier molecular flexibility index (Phi) is 7.21. The molecular weight excluding hydrogens is 435 g/mol. The maximum absolute atomic E-state index is 13.0. The molecule has 3 rings (SSSR count). The van der Waals surface area contributed by atoms with Crippen molar-refractivity contribution in [3.05, 3.63) is 98.8 Å². The number of aliphatic imine (C=N–C) groups is 1. The Bertz CT molecular complexity index is 1100. The zero-order valence-electron chi connectivity index (χ0n) is 17.3. The minimum Gasteiger partial charge on any atom is -0.505 e. The number of methoxy groups -OCH3 is 1. The summed E-state index contributed by atoms with van der Waals surface area (Å²) >= 11 is 12.5. The standard InChI is InChI=1S/C24H22Cl2N2O3/c1-4-18-20(26)13-19(23(29)22(18)27-2)21(14-5-9-16(25)10-6-14)28-24(30)15-7-11-17(31-3)12-8-15/h4-13,21,29H,1-3H3,(H,28,30)/b18-4-,27-22?. The Morgan fingerprint density at radius 2 is 1.77 bits per heavy atom. The molecule has 0 radical (unpaired) electrons. The number of halogens is 2. The zero-order valence-corrected chi connectivity index (χ0v) is 18.8. The number of aliphatic hydroxyl groups is 1. The van der Waals surface area contributed by atoms with Gasteiger partial charge < -0.3 is 15.2 Å². The summed E-state index contributed by atoms with van der Waals surface area (Å²) in [5.41, 5.74) is 2.60. The second-order valence-corrected chi connectivity index (χ2v) is 7.60. The third-order valence-electron chi connectivity index (χ3n) is 4.95. The highest BCUT2D eigenvalue weighted by atomic mass is 35.5. The molecule has 0 fully saturated rings. The van der Waals surface area contributed by atoms with E-state index in [0.29, 0.717) is 38.2 Å². The fourth-order valence-corrected chi connectivity index (χ4v) is 3.78. The highest BCUT2D eigenvalue weighted by Crippen LogP contribution is 2.35. The minimum absolute atomic E-state index is 0.0463. The molecular formula is C24H22Cl2N2O3. The maximum Gasteiger partial charge on any atom is 0.252 e. The minimum atomic E-state index is -0.684. The van der Waals surface area contributed by atoms with Crippen LogP contribution in [0.3, 0.4) is 0 Å². The molecule has 1 amide bonds. The fraction of sp³-hybridized carbons (Fsp3) is 0.167. The van der Waals surface area contributed by atoms with E-state index in [-0.39, 0.29) is 11.7 Å².